The van der Waals surface area contributed by atoms with E-state index in [9.17, 15) is 0 Å². The second kappa shape index (κ2) is 9.87. The molecule has 94 valence electrons. The fraction of sp³-hybridized carbons (Fsp3) is 0.400. The van der Waals surface area contributed by atoms with Gasteiger partial charge < -0.3 is 5.11 Å². The molecule has 0 aromatic heterocycles. The van der Waals surface area contributed by atoms with Crippen molar-refractivity contribution < 1.29 is 22.6 Å². The first kappa shape index (κ1) is 19.2. The molecule has 0 bridgehead atoms. The first-order valence-electron chi connectivity index (χ1n) is 4.80. The van der Waals surface area contributed by atoms with Crippen LogP contribution in [0.5, 0.6) is 5.75 Å². The number of rotatable bonds is 3. The third-order valence-electron chi connectivity index (χ3n) is 1.76. The van der Waals surface area contributed by atoms with E-state index in [1.807, 2.05) is 12.1 Å². The summed E-state index contributed by atoms with van der Waals surface area (Å²) in [5.41, 5.74) is 1.31. The summed E-state index contributed by atoms with van der Waals surface area (Å²) in [4.78, 5) is 0. The fourth-order valence-corrected chi connectivity index (χ4v) is 1.04. The zero-order chi connectivity index (χ0) is 12.6. The van der Waals surface area contributed by atoms with Gasteiger partial charge in [0, 0.05) is 0 Å². The van der Waals surface area contributed by atoms with Crippen molar-refractivity contribution in [3.05, 3.63) is 29.8 Å². The first-order chi connectivity index (χ1) is 7.33. The topological polar surface area (TPSA) is 94.8 Å². The molecule has 0 unspecified atom stereocenters. The Balaban J connectivity index is 0. The van der Waals surface area contributed by atoms with E-state index in [4.69, 9.17) is 22.6 Å². The van der Waals surface area contributed by atoms with Crippen LogP contribution < -0.4 is 0 Å². The molecule has 0 saturated heterocycles. The van der Waals surface area contributed by atoms with Gasteiger partial charge >= 0.3 is 40.0 Å². The van der Waals surface area contributed by atoms with Gasteiger partial charge in [-0.1, -0.05) is 25.5 Å². The molecule has 0 saturated carbocycles. The average Bonchev–Trinajstić information content (AvgIpc) is 2.14. The summed E-state index contributed by atoms with van der Waals surface area (Å²) in [6.45, 7) is 2.18. The van der Waals surface area contributed by atoms with Gasteiger partial charge in [0.15, 0.2) is 0 Å². The third kappa shape index (κ3) is 15.9. The molecule has 0 amide bonds. The number of unbranched alkanes of at least 4 members (excludes halogenated alkanes) is 1. The second-order valence-electron chi connectivity index (χ2n) is 3.22. The Morgan fingerprint density at radius 3 is 1.88 bits per heavy atom. The Hall–Kier alpha value is -0.110. The molecule has 0 aliphatic carbocycles. The molecule has 17 heavy (non-hydrogen) atoms. The molecule has 1 aromatic carbocycles. The predicted molar refractivity (Wildman–Crippen MR) is 68.0 cm³/mol. The van der Waals surface area contributed by atoms with Crippen molar-refractivity contribution in [1.82, 2.24) is 0 Å². The van der Waals surface area contributed by atoms with Crippen LogP contribution in [0.25, 0.3) is 0 Å². The molecule has 0 heterocycles. The summed E-state index contributed by atoms with van der Waals surface area (Å²) in [6, 6.07) is 7.44. The van der Waals surface area contributed by atoms with Gasteiger partial charge in [-0.2, -0.15) is 8.42 Å². The van der Waals surface area contributed by atoms with Crippen molar-refractivity contribution >= 4 is 40.0 Å². The van der Waals surface area contributed by atoms with Gasteiger partial charge in [-0.05, 0) is 30.5 Å². The van der Waals surface area contributed by atoms with Gasteiger partial charge in [0.05, 0.1) is 0 Å². The van der Waals surface area contributed by atoms with E-state index >= 15 is 0 Å². The number of aromatic hydroxyl groups is 1. The Morgan fingerprint density at radius 1 is 1.12 bits per heavy atom. The normalized spacial score (nSPS) is 9.82. The Kier molecular flexibility index (Phi) is 11.2. The maximum atomic E-state index is 8.98. The third-order valence-corrected chi connectivity index (χ3v) is 1.76. The van der Waals surface area contributed by atoms with Crippen molar-refractivity contribution in [3.63, 3.8) is 0 Å². The van der Waals surface area contributed by atoms with Crippen molar-refractivity contribution in [3.8, 4) is 5.75 Å². The van der Waals surface area contributed by atoms with Gasteiger partial charge in [-0.25, -0.2) is 0 Å². The summed E-state index contributed by atoms with van der Waals surface area (Å²) < 4.78 is 31.6. The van der Waals surface area contributed by atoms with Crippen molar-refractivity contribution in [1.29, 1.82) is 0 Å². The minimum absolute atomic E-state index is 0. The molecule has 0 radical (unpaired) electrons. The van der Waals surface area contributed by atoms with Crippen LogP contribution in [0.15, 0.2) is 24.3 Å². The van der Waals surface area contributed by atoms with E-state index in [-0.39, 0.29) is 29.6 Å². The Morgan fingerprint density at radius 2 is 1.53 bits per heavy atom. The van der Waals surface area contributed by atoms with Crippen molar-refractivity contribution in [2.45, 2.75) is 26.2 Å². The van der Waals surface area contributed by atoms with Crippen LogP contribution in [0.4, 0.5) is 0 Å². The summed E-state index contributed by atoms with van der Waals surface area (Å²) in [7, 11) is -4.67. The second-order valence-corrected chi connectivity index (χ2v) is 4.11. The molecule has 7 heteroatoms. The average molecular weight is 272 g/mol. The van der Waals surface area contributed by atoms with Crippen LogP contribution in [-0.2, 0) is 16.8 Å². The van der Waals surface area contributed by atoms with E-state index in [1.54, 1.807) is 12.1 Å². The zero-order valence-corrected chi connectivity index (χ0v) is 9.81. The standard InChI is InChI=1S/C10H14O.Na.H2O4S.H/c1-2-3-4-9-5-7-10(11)8-6-9;;1-5(2,3)4;/h5-8,11H,2-4H2,1H3;;(H2,1,2,3,4);. The number of aryl methyl sites for hydroxylation is 1. The first-order valence-corrected chi connectivity index (χ1v) is 6.20. The molecular formula is C10H17NaO5S. The molecule has 1 aromatic rings. The zero-order valence-electron chi connectivity index (χ0n) is 9.00. The molecular weight excluding hydrogens is 255 g/mol. The summed E-state index contributed by atoms with van der Waals surface area (Å²) >= 11 is 0. The predicted octanol–water partition coefficient (Wildman–Crippen LogP) is 1.43. The summed E-state index contributed by atoms with van der Waals surface area (Å²) in [5, 5.41) is 8.98. The quantitative estimate of drug-likeness (QED) is 0.571. The fourth-order valence-electron chi connectivity index (χ4n) is 1.04. The van der Waals surface area contributed by atoms with E-state index in [0.29, 0.717) is 5.75 Å². The summed E-state index contributed by atoms with van der Waals surface area (Å²) in [6.07, 6.45) is 3.57. The molecule has 0 fully saturated rings. The molecule has 0 aliphatic heterocycles. The van der Waals surface area contributed by atoms with Crippen LogP contribution >= 0.6 is 0 Å². The monoisotopic (exact) mass is 272 g/mol. The van der Waals surface area contributed by atoms with Crippen molar-refractivity contribution in [2.24, 2.45) is 0 Å². The van der Waals surface area contributed by atoms with Gasteiger partial charge in [-0.15, -0.1) is 0 Å². The van der Waals surface area contributed by atoms with Crippen LogP contribution in [0.1, 0.15) is 25.3 Å². The number of phenolic OH excluding ortho intramolecular Hbond substituents is 1. The van der Waals surface area contributed by atoms with Gasteiger partial charge in [0.2, 0.25) is 0 Å². The number of phenols is 1. The Labute approximate surface area is 124 Å². The van der Waals surface area contributed by atoms with Gasteiger partial charge in [0.1, 0.15) is 5.75 Å². The van der Waals surface area contributed by atoms with Crippen LogP contribution in [-0.4, -0.2) is 52.2 Å². The maximum absolute atomic E-state index is 8.98. The van der Waals surface area contributed by atoms with Crippen LogP contribution in [0.3, 0.4) is 0 Å². The van der Waals surface area contributed by atoms with E-state index in [1.165, 1.54) is 18.4 Å². The molecule has 3 N–H and O–H groups in total. The minimum atomic E-state index is -4.67. The van der Waals surface area contributed by atoms with E-state index < -0.39 is 10.4 Å². The summed E-state index contributed by atoms with van der Waals surface area (Å²) in [5.74, 6) is 0.352. The molecule has 0 spiro atoms. The van der Waals surface area contributed by atoms with E-state index in [2.05, 4.69) is 6.92 Å². The van der Waals surface area contributed by atoms with Gasteiger partial charge in [-0.3, -0.25) is 9.11 Å². The van der Waals surface area contributed by atoms with E-state index in [0.717, 1.165) is 6.42 Å². The van der Waals surface area contributed by atoms with Crippen LogP contribution in [0, 0.1) is 0 Å². The number of hydrogen-bond acceptors (Lipinski definition) is 3. The molecule has 0 atom stereocenters. The molecule has 0 aliphatic rings. The number of hydrogen-bond donors (Lipinski definition) is 3. The SMILES string of the molecule is CCCCc1ccc(O)cc1.O=S(=O)(O)O.[NaH]. The van der Waals surface area contributed by atoms with Gasteiger partial charge in [0.25, 0.3) is 0 Å². The van der Waals surface area contributed by atoms with Crippen molar-refractivity contribution in [2.75, 3.05) is 0 Å². The molecule has 1 rings (SSSR count). The number of benzene rings is 1. The molecule has 5 nitrogen and oxygen atoms in total. The van der Waals surface area contributed by atoms with Crippen LogP contribution in [0.2, 0.25) is 0 Å². The Bertz CT molecular complexity index is 380.